The van der Waals surface area contributed by atoms with Crippen molar-refractivity contribution in [1.29, 1.82) is 0 Å². The molecule has 0 radical (unpaired) electrons. The molecular formula is C14H16O6. The smallest absolute Gasteiger partial charge is 0.336 e. The van der Waals surface area contributed by atoms with Crippen LogP contribution < -0.4 is 0 Å². The molecule has 6 heteroatoms. The predicted octanol–water partition coefficient (Wildman–Crippen LogP) is 2.37. The maximum Gasteiger partial charge on any atom is 0.336 e. The van der Waals surface area contributed by atoms with Crippen molar-refractivity contribution in [1.82, 2.24) is 0 Å². The minimum Gasteiger partial charge on any atom is -0.481 e. The lowest BCUT2D eigenvalue weighted by Gasteiger charge is -1.98. The maximum absolute atomic E-state index is 10.5. The first-order valence-electron chi connectivity index (χ1n) is 5.76. The van der Waals surface area contributed by atoms with Crippen molar-refractivity contribution in [2.24, 2.45) is 5.92 Å². The molecule has 0 bridgehead atoms. The fourth-order valence-electron chi connectivity index (χ4n) is 1.30. The number of aromatic carboxylic acids is 2. The van der Waals surface area contributed by atoms with Gasteiger partial charge in [0.05, 0.1) is 17.0 Å². The highest BCUT2D eigenvalue weighted by molar-refractivity contribution is 6.01. The Morgan fingerprint density at radius 3 is 1.65 bits per heavy atom. The molecule has 0 saturated heterocycles. The van der Waals surface area contributed by atoms with Crippen LogP contribution in [0, 0.1) is 5.92 Å². The summed E-state index contributed by atoms with van der Waals surface area (Å²) in [5.41, 5.74) is -0.380. The molecule has 3 N–H and O–H groups in total. The molecule has 0 spiro atoms. The molecule has 0 aliphatic heterocycles. The van der Waals surface area contributed by atoms with Crippen LogP contribution in [0.2, 0.25) is 0 Å². The zero-order valence-electron chi connectivity index (χ0n) is 10.9. The van der Waals surface area contributed by atoms with Crippen molar-refractivity contribution in [2.45, 2.75) is 13.3 Å². The second kappa shape index (κ2) is 8.47. The Bertz CT molecular complexity index is 473. The van der Waals surface area contributed by atoms with Crippen LogP contribution in [-0.4, -0.2) is 33.2 Å². The zero-order chi connectivity index (χ0) is 15.7. The Kier molecular flexibility index (Phi) is 7.35. The summed E-state index contributed by atoms with van der Waals surface area (Å²) in [5, 5.41) is 25.4. The normalized spacial score (nSPS) is 10.7. The number of aliphatic carboxylic acids is 1. The first-order chi connectivity index (χ1) is 9.34. The van der Waals surface area contributed by atoms with E-state index in [1.807, 2.05) is 6.92 Å². The Morgan fingerprint density at radius 2 is 1.50 bits per heavy atom. The summed E-state index contributed by atoms with van der Waals surface area (Å²) < 4.78 is 0. The van der Waals surface area contributed by atoms with Crippen LogP contribution in [0.5, 0.6) is 0 Å². The lowest BCUT2D eigenvalue weighted by atomic mass is 10.1. The standard InChI is InChI=1S/C8H6O4.C6H10O2/c9-7(10)5-3-1-2-4-6(5)8(11)12;1-3-5(4-2)6(7)8/h1-4H,(H,9,10)(H,11,12);3,5H,1,4H2,2H3,(H,7,8). The van der Waals surface area contributed by atoms with Gasteiger partial charge in [-0.3, -0.25) is 4.79 Å². The lowest BCUT2D eigenvalue weighted by molar-refractivity contribution is -0.140. The molecule has 1 atom stereocenters. The van der Waals surface area contributed by atoms with Gasteiger partial charge in [-0.1, -0.05) is 25.1 Å². The molecule has 0 heterocycles. The first-order valence-corrected chi connectivity index (χ1v) is 5.76. The Hall–Kier alpha value is -2.63. The summed E-state index contributed by atoms with van der Waals surface area (Å²) in [6.07, 6.45) is 2.07. The van der Waals surface area contributed by atoms with Gasteiger partial charge in [-0.15, -0.1) is 6.58 Å². The summed E-state index contributed by atoms with van der Waals surface area (Å²) in [6, 6.07) is 5.48. The second-order valence-corrected chi connectivity index (χ2v) is 3.74. The summed E-state index contributed by atoms with van der Waals surface area (Å²) in [5.74, 6) is -3.61. The van der Waals surface area contributed by atoms with Crippen LogP contribution in [0.15, 0.2) is 36.9 Å². The van der Waals surface area contributed by atoms with Crippen LogP contribution >= 0.6 is 0 Å². The topological polar surface area (TPSA) is 112 Å². The number of hydrogen-bond acceptors (Lipinski definition) is 3. The summed E-state index contributed by atoms with van der Waals surface area (Å²) in [4.78, 5) is 31.0. The van der Waals surface area contributed by atoms with E-state index in [0.717, 1.165) is 0 Å². The van der Waals surface area contributed by atoms with Gasteiger partial charge >= 0.3 is 17.9 Å². The minimum absolute atomic E-state index is 0.190. The first kappa shape index (κ1) is 17.4. The van der Waals surface area contributed by atoms with E-state index < -0.39 is 17.9 Å². The number of carbonyl (C=O) groups is 3. The summed E-state index contributed by atoms with van der Waals surface area (Å²) in [7, 11) is 0. The molecule has 6 nitrogen and oxygen atoms in total. The predicted molar refractivity (Wildman–Crippen MR) is 72.0 cm³/mol. The van der Waals surface area contributed by atoms with Gasteiger partial charge in [0.1, 0.15) is 0 Å². The third kappa shape index (κ3) is 5.34. The van der Waals surface area contributed by atoms with Gasteiger partial charge in [-0.2, -0.15) is 0 Å². The number of carboxylic acid groups (broad SMARTS) is 3. The van der Waals surface area contributed by atoms with Crippen molar-refractivity contribution in [3.8, 4) is 0 Å². The fraction of sp³-hybridized carbons (Fsp3) is 0.214. The highest BCUT2D eigenvalue weighted by atomic mass is 16.4. The number of rotatable bonds is 5. The molecule has 0 aliphatic carbocycles. The van der Waals surface area contributed by atoms with Gasteiger partial charge in [0, 0.05) is 0 Å². The van der Waals surface area contributed by atoms with Crippen molar-refractivity contribution >= 4 is 17.9 Å². The minimum atomic E-state index is -1.23. The van der Waals surface area contributed by atoms with E-state index in [4.69, 9.17) is 15.3 Å². The van der Waals surface area contributed by atoms with E-state index in [0.29, 0.717) is 6.42 Å². The van der Waals surface area contributed by atoms with Crippen LogP contribution in [0.25, 0.3) is 0 Å². The van der Waals surface area contributed by atoms with Gasteiger partial charge in [0.2, 0.25) is 0 Å². The summed E-state index contributed by atoms with van der Waals surface area (Å²) in [6.45, 7) is 5.19. The third-order valence-corrected chi connectivity index (χ3v) is 2.43. The molecule has 0 fully saturated rings. The van der Waals surface area contributed by atoms with Gasteiger partial charge in [0.25, 0.3) is 0 Å². The average Bonchev–Trinajstić information content (AvgIpc) is 2.40. The molecule has 0 saturated carbocycles. The fourth-order valence-corrected chi connectivity index (χ4v) is 1.30. The monoisotopic (exact) mass is 280 g/mol. The van der Waals surface area contributed by atoms with Crippen LogP contribution in [0.4, 0.5) is 0 Å². The van der Waals surface area contributed by atoms with Crippen molar-refractivity contribution < 1.29 is 29.7 Å². The van der Waals surface area contributed by atoms with E-state index >= 15 is 0 Å². The quantitative estimate of drug-likeness (QED) is 0.714. The lowest BCUT2D eigenvalue weighted by Crippen LogP contribution is -2.08. The van der Waals surface area contributed by atoms with Gasteiger partial charge < -0.3 is 15.3 Å². The molecule has 1 aromatic rings. The van der Waals surface area contributed by atoms with E-state index in [9.17, 15) is 14.4 Å². The van der Waals surface area contributed by atoms with Gasteiger partial charge in [-0.05, 0) is 18.6 Å². The zero-order valence-corrected chi connectivity index (χ0v) is 10.9. The number of hydrogen-bond donors (Lipinski definition) is 3. The summed E-state index contributed by atoms with van der Waals surface area (Å²) >= 11 is 0. The molecule has 1 rings (SSSR count). The highest BCUT2D eigenvalue weighted by Gasteiger charge is 2.13. The number of benzene rings is 1. The molecule has 108 valence electrons. The average molecular weight is 280 g/mol. The van der Waals surface area contributed by atoms with Crippen molar-refractivity contribution in [3.63, 3.8) is 0 Å². The van der Waals surface area contributed by atoms with Crippen molar-refractivity contribution in [3.05, 3.63) is 48.0 Å². The highest BCUT2D eigenvalue weighted by Crippen LogP contribution is 2.07. The van der Waals surface area contributed by atoms with Crippen molar-refractivity contribution in [2.75, 3.05) is 0 Å². The number of carboxylic acids is 3. The molecule has 1 unspecified atom stereocenters. The molecular weight excluding hydrogens is 264 g/mol. The Balaban J connectivity index is 0.000000396. The Morgan fingerprint density at radius 1 is 1.10 bits per heavy atom. The third-order valence-electron chi connectivity index (χ3n) is 2.43. The largest absolute Gasteiger partial charge is 0.481 e. The van der Waals surface area contributed by atoms with E-state index in [1.165, 1.54) is 30.3 Å². The SMILES string of the molecule is C=CC(CC)C(=O)O.O=C(O)c1ccccc1C(=O)O. The molecule has 20 heavy (non-hydrogen) atoms. The van der Waals surface area contributed by atoms with Crippen LogP contribution in [0.3, 0.4) is 0 Å². The molecule has 1 aromatic carbocycles. The van der Waals surface area contributed by atoms with E-state index in [2.05, 4.69) is 6.58 Å². The molecule has 0 aromatic heterocycles. The van der Waals surface area contributed by atoms with E-state index in [1.54, 1.807) is 0 Å². The van der Waals surface area contributed by atoms with Crippen LogP contribution in [-0.2, 0) is 4.79 Å². The molecule has 0 amide bonds. The molecule has 0 aliphatic rings. The van der Waals surface area contributed by atoms with Gasteiger partial charge in [-0.25, -0.2) is 9.59 Å². The maximum atomic E-state index is 10.5. The Labute approximate surface area is 116 Å². The van der Waals surface area contributed by atoms with Crippen LogP contribution in [0.1, 0.15) is 34.1 Å². The second-order valence-electron chi connectivity index (χ2n) is 3.74. The van der Waals surface area contributed by atoms with E-state index in [-0.39, 0.29) is 17.0 Å². The van der Waals surface area contributed by atoms with Gasteiger partial charge in [0.15, 0.2) is 0 Å².